The number of fused-ring (bicyclic) bond motifs is 3. The summed E-state index contributed by atoms with van der Waals surface area (Å²) in [5.74, 6) is 6.70. The van der Waals surface area contributed by atoms with Crippen LogP contribution in [-0.4, -0.2) is 23.2 Å². The molecular weight excluding hydrogens is 825 g/mol. The quantitative estimate of drug-likeness (QED) is 0.123. The molecule has 0 spiro atoms. The van der Waals surface area contributed by atoms with Crippen LogP contribution in [0.4, 0.5) is 0 Å². The van der Waals surface area contributed by atoms with E-state index in [0.717, 1.165) is 61.1 Å². The van der Waals surface area contributed by atoms with Crippen molar-refractivity contribution < 1.29 is 25.9 Å². The van der Waals surface area contributed by atoms with Crippen molar-refractivity contribution in [3.8, 4) is 33.6 Å². The second-order valence-corrected chi connectivity index (χ2v) is 24.0. The van der Waals surface area contributed by atoms with Crippen molar-refractivity contribution in [1.29, 1.82) is 0 Å². The number of benzene rings is 4. The number of aromatic nitrogens is 2. The largest absolute Gasteiger partial charge is 0.501 e. The predicted molar refractivity (Wildman–Crippen MR) is 201 cm³/mol. The number of rotatable bonds is 6. The molecule has 1 unspecified atom stereocenters. The predicted octanol–water partition coefficient (Wildman–Crippen LogP) is 11.3. The van der Waals surface area contributed by atoms with Crippen LogP contribution in [0.25, 0.3) is 55.6 Å². The molecule has 3 aromatic heterocycles. The van der Waals surface area contributed by atoms with Crippen molar-refractivity contribution in [2.45, 2.75) is 50.9 Å². The van der Waals surface area contributed by atoms with E-state index in [4.69, 9.17) is 5.79 Å². The summed E-state index contributed by atoms with van der Waals surface area (Å²) in [7, 11) is 0. The van der Waals surface area contributed by atoms with Gasteiger partial charge in [-0.05, 0) is 40.8 Å². The maximum Gasteiger partial charge on any atom is 0.121 e. The zero-order valence-corrected chi connectivity index (χ0v) is 33.2. The van der Waals surface area contributed by atoms with Gasteiger partial charge >= 0.3 is 106 Å². The van der Waals surface area contributed by atoms with E-state index in [1.807, 2.05) is 67.6 Å². The molecule has 0 N–H and O–H groups in total. The molecule has 3 nitrogen and oxygen atoms in total. The maximum atomic E-state index is 8.78. The molecule has 48 heavy (non-hydrogen) atoms. The summed E-state index contributed by atoms with van der Waals surface area (Å²) < 4.78 is 16.6. The van der Waals surface area contributed by atoms with E-state index >= 15 is 0 Å². The van der Waals surface area contributed by atoms with Gasteiger partial charge < -0.3 is 9.40 Å². The average molecular weight is 869 g/mol. The summed E-state index contributed by atoms with van der Waals surface area (Å²) in [4.78, 5) is 9.19. The third-order valence-corrected chi connectivity index (χ3v) is 13.3. The van der Waals surface area contributed by atoms with Gasteiger partial charge in [0.15, 0.2) is 0 Å². The monoisotopic (exact) mass is 870 g/mol. The minimum absolute atomic E-state index is 0. The molecule has 0 aliphatic heterocycles. The molecule has 0 bridgehead atoms. The van der Waals surface area contributed by atoms with Crippen molar-refractivity contribution in [1.82, 2.24) is 9.97 Å². The Labute approximate surface area is 303 Å². The number of nitrogens with zero attached hydrogens (tertiary/aromatic N) is 2. The van der Waals surface area contributed by atoms with Gasteiger partial charge in [0.2, 0.25) is 0 Å². The SMILES string of the molecule is Cc1cc(-c2[c-]cccc2)nc[c]1[Ge]([CH3])([CH3])[CH3].[2H]C(C)(c1ccnc(-c2[c-]ccc3c2oc2cc(-c4ccccc4)ccc23)c1)C(C)C.[Ir]. The van der Waals surface area contributed by atoms with Crippen molar-refractivity contribution in [2.75, 3.05) is 0 Å². The maximum absolute atomic E-state index is 8.78. The second kappa shape index (κ2) is 15.2. The smallest absolute Gasteiger partial charge is 0.121 e. The van der Waals surface area contributed by atoms with Crippen LogP contribution in [0.2, 0.25) is 17.3 Å². The summed E-state index contributed by atoms with van der Waals surface area (Å²) in [6, 6.07) is 41.3. The first kappa shape index (κ1) is 34.1. The fraction of sp³-hybridized carbons (Fsp3) is 0.209. The molecule has 7 rings (SSSR count). The van der Waals surface area contributed by atoms with Crippen molar-refractivity contribution in [3.63, 3.8) is 0 Å². The van der Waals surface area contributed by atoms with Gasteiger partial charge in [0.1, 0.15) is 5.58 Å². The van der Waals surface area contributed by atoms with Crippen molar-refractivity contribution in [3.05, 3.63) is 139 Å². The summed E-state index contributed by atoms with van der Waals surface area (Å²) in [5.41, 5.74) is 9.95. The van der Waals surface area contributed by atoms with E-state index in [0.29, 0.717) is 0 Å². The van der Waals surface area contributed by atoms with E-state index in [1.54, 1.807) is 6.20 Å². The molecule has 1 atom stereocenters. The standard InChI is InChI=1S/C28H24NO.C15H18GeN.Ir/c1-18(2)19(3)21-14-15-29-26(16-21)25-11-7-10-24-23-13-12-22(17-27(23)30-28(24)25)20-8-5-4-6-9-20;1-12-10-15(13-8-6-5-7-9-13)17-11-14(12)16(2,3)4;/h4-10,12-19H,1-3H3;5-8,10-11H,1-4H3;/q2*-1;/i19D;;. The molecular formula is C43H42GeIrN2O-2. The summed E-state index contributed by atoms with van der Waals surface area (Å²) in [6.45, 7) is 8.29. The van der Waals surface area contributed by atoms with Crippen LogP contribution in [0.3, 0.4) is 0 Å². The molecule has 0 saturated heterocycles. The third kappa shape index (κ3) is 7.73. The van der Waals surface area contributed by atoms with Gasteiger partial charge in [-0.2, -0.15) is 0 Å². The number of pyridine rings is 2. The van der Waals surface area contributed by atoms with E-state index in [9.17, 15) is 0 Å². The minimum atomic E-state index is -1.77. The van der Waals surface area contributed by atoms with E-state index in [1.165, 1.54) is 9.96 Å². The Hall–Kier alpha value is -3.83. The van der Waals surface area contributed by atoms with Crippen LogP contribution in [-0.2, 0) is 20.1 Å². The zero-order valence-electron chi connectivity index (χ0n) is 29.7. The molecule has 5 heteroatoms. The van der Waals surface area contributed by atoms with Crippen LogP contribution < -0.4 is 4.40 Å². The van der Waals surface area contributed by atoms with Crippen LogP contribution in [0.1, 0.15) is 39.2 Å². The number of aryl methyl sites for hydroxylation is 1. The third-order valence-electron chi connectivity index (χ3n) is 8.78. The summed E-state index contributed by atoms with van der Waals surface area (Å²) in [5, 5.41) is 2.13. The van der Waals surface area contributed by atoms with Crippen LogP contribution >= 0.6 is 0 Å². The van der Waals surface area contributed by atoms with E-state index < -0.39 is 19.2 Å². The molecule has 4 aromatic carbocycles. The Bertz CT molecular complexity index is 2190. The van der Waals surface area contributed by atoms with Gasteiger partial charge in [0.25, 0.3) is 0 Å². The molecule has 0 aliphatic rings. The fourth-order valence-electron chi connectivity index (χ4n) is 5.93. The number of hydrogen-bond acceptors (Lipinski definition) is 3. The van der Waals surface area contributed by atoms with Gasteiger partial charge in [0, 0.05) is 33.1 Å². The first-order valence-corrected chi connectivity index (χ1v) is 23.6. The molecule has 7 aromatic rings. The molecule has 1 radical (unpaired) electrons. The van der Waals surface area contributed by atoms with Gasteiger partial charge in [-0.3, -0.25) is 0 Å². The molecule has 0 aliphatic carbocycles. The summed E-state index contributed by atoms with van der Waals surface area (Å²) in [6.07, 6.45) is 3.86. The minimum Gasteiger partial charge on any atom is -0.501 e. The Morgan fingerprint density at radius 1 is 0.750 bits per heavy atom. The van der Waals surface area contributed by atoms with Crippen molar-refractivity contribution >= 4 is 39.6 Å². The Kier molecular flexibility index (Phi) is 10.8. The Morgan fingerprint density at radius 3 is 2.21 bits per heavy atom. The molecule has 3 heterocycles. The molecule has 0 saturated carbocycles. The first-order chi connectivity index (χ1) is 22.9. The zero-order chi connectivity index (χ0) is 34.1. The van der Waals surface area contributed by atoms with Gasteiger partial charge in [-0.25, -0.2) is 0 Å². The number of furan rings is 1. The van der Waals surface area contributed by atoms with Gasteiger partial charge in [0.05, 0.1) is 5.58 Å². The second-order valence-electron chi connectivity index (χ2n) is 13.5. The van der Waals surface area contributed by atoms with Crippen LogP contribution in [0.15, 0.2) is 120 Å². The van der Waals surface area contributed by atoms with Crippen LogP contribution in [0, 0.1) is 25.0 Å². The molecule has 245 valence electrons. The van der Waals surface area contributed by atoms with E-state index in [-0.39, 0.29) is 26.0 Å². The van der Waals surface area contributed by atoms with E-state index in [2.05, 4.69) is 109 Å². The number of hydrogen-bond donors (Lipinski definition) is 0. The Balaban J connectivity index is 0.000000221. The first-order valence-electron chi connectivity index (χ1n) is 16.8. The topological polar surface area (TPSA) is 38.9 Å². The van der Waals surface area contributed by atoms with Gasteiger partial charge in [-0.15, -0.1) is 18.2 Å². The fourth-order valence-corrected chi connectivity index (χ4v) is 9.51. The van der Waals surface area contributed by atoms with Gasteiger partial charge in [-0.1, -0.05) is 85.8 Å². The Morgan fingerprint density at radius 2 is 1.52 bits per heavy atom. The van der Waals surface area contributed by atoms with Crippen LogP contribution in [0.5, 0.6) is 0 Å². The average Bonchev–Trinajstić information content (AvgIpc) is 3.47. The normalized spacial score (nSPS) is 13.0. The van der Waals surface area contributed by atoms with Crippen molar-refractivity contribution in [2.24, 2.45) is 5.92 Å². The molecule has 0 amide bonds. The molecule has 0 fully saturated rings. The summed E-state index contributed by atoms with van der Waals surface area (Å²) >= 11 is -1.77.